The topological polar surface area (TPSA) is 53.4 Å². The molecule has 0 unspecified atom stereocenters. The van der Waals surface area contributed by atoms with Crippen LogP contribution < -0.4 is 0 Å². The molecule has 0 aliphatic heterocycles. The zero-order valence-electron chi connectivity index (χ0n) is 14.7. The van der Waals surface area contributed by atoms with Crippen LogP contribution in [0, 0.1) is 0 Å². The van der Waals surface area contributed by atoms with E-state index >= 15 is 0 Å². The molecule has 28 heavy (non-hydrogen) atoms. The number of benzene rings is 2. The summed E-state index contributed by atoms with van der Waals surface area (Å²) in [6, 6.07) is 14.1. The number of carboxylic acid groups (broad SMARTS) is 1. The van der Waals surface area contributed by atoms with Crippen molar-refractivity contribution in [3.63, 3.8) is 0 Å². The van der Waals surface area contributed by atoms with E-state index in [4.69, 9.17) is 17.3 Å². The van der Waals surface area contributed by atoms with Crippen molar-refractivity contribution in [3.05, 3.63) is 65.7 Å². The highest BCUT2D eigenvalue weighted by Crippen LogP contribution is 2.36. The van der Waals surface area contributed by atoms with Crippen LogP contribution in [-0.2, 0) is 11.0 Å². The van der Waals surface area contributed by atoms with Gasteiger partial charge in [-0.3, -0.25) is 4.79 Å². The lowest BCUT2D eigenvalue weighted by molar-refractivity contribution is -0.137. The molecule has 0 aliphatic rings. The Bertz CT molecular complexity index is 1050. The average Bonchev–Trinajstić information content (AvgIpc) is 2.65. The van der Waals surface area contributed by atoms with Crippen molar-refractivity contribution in [1.82, 2.24) is 9.88 Å². The Morgan fingerprint density at radius 3 is 2.43 bits per heavy atom. The molecule has 1 aromatic heterocycles. The third-order valence-electron chi connectivity index (χ3n) is 4.16. The van der Waals surface area contributed by atoms with E-state index in [9.17, 15) is 18.0 Å². The standard InChI is InChI=1S/C20H15F3N2O2S/c1-25(11-17(26)27)19(28)14-10-16(12-6-3-2-4-7-12)24-18-13(14)8-5-9-15(18)20(21,22)23/h2-10H,11H2,1H3,(H,26,27). The third-order valence-corrected chi connectivity index (χ3v) is 4.70. The predicted octanol–water partition coefficient (Wildman–Crippen LogP) is 4.61. The van der Waals surface area contributed by atoms with Gasteiger partial charge in [0.2, 0.25) is 0 Å². The fourth-order valence-electron chi connectivity index (χ4n) is 2.89. The van der Waals surface area contributed by atoms with E-state index in [-0.39, 0.29) is 22.4 Å². The number of halogens is 3. The molecule has 0 saturated carbocycles. The number of likely N-dealkylation sites (N-methyl/N-ethyl adjacent to an activating group) is 1. The summed E-state index contributed by atoms with van der Waals surface area (Å²) in [4.78, 5) is 16.7. The highest BCUT2D eigenvalue weighted by atomic mass is 32.1. The molecule has 8 heteroatoms. The highest BCUT2D eigenvalue weighted by Gasteiger charge is 2.34. The van der Waals surface area contributed by atoms with Crippen molar-refractivity contribution < 1.29 is 23.1 Å². The number of rotatable bonds is 4. The van der Waals surface area contributed by atoms with Crippen LogP contribution in [0.25, 0.3) is 22.2 Å². The summed E-state index contributed by atoms with van der Waals surface area (Å²) >= 11 is 5.39. The Balaban J connectivity index is 2.30. The number of hydrogen-bond acceptors (Lipinski definition) is 3. The van der Waals surface area contributed by atoms with Crippen molar-refractivity contribution in [2.45, 2.75) is 6.18 Å². The van der Waals surface area contributed by atoms with E-state index in [0.29, 0.717) is 16.8 Å². The maximum Gasteiger partial charge on any atom is 0.418 e. The van der Waals surface area contributed by atoms with Gasteiger partial charge < -0.3 is 10.0 Å². The molecule has 0 bridgehead atoms. The molecule has 1 heterocycles. The molecule has 3 aromatic rings. The molecule has 0 amide bonds. The summed E-state index contributed by atoms with van der Waals surface area (Å²) in [5, 5.41) is 9.23. The van der Waals surface area contributed by atoms with Gasteiger partial charge in [-0.25, -0.2) is 4.98 Å². The Morgan fingerprint density at radius 2 is 1.82 bits per heavy atom. The second kappa shape index (κ2) is 7.55. The molecule has 4 nitrogen and oxygen atoms in total. The monoisotopic (exact) mass is 404 g/mol. The van der Waals surface area contributed by atoms with Crippen molar-refractivity contribution in [1.29, 1.82) is 0 Å². The number of aromatic nitrogens is 1. The number of thiocarbonyl (C=S) groups is 1. The fourth-order valence-corrected chi connectivity index (χ4v) is 3.12. The van der Waals surface area contributed by atoms with Crippen LogP contribution in [0.4, 0.5) is 13.2 Å². The minimum Gasteiger partial charge on any atom is -0.480 e. The van der Waals surface area contributed by atoms with E-state index in [2.05, 4.69) is 4.98 Å². The van der Waals surface area contributed by atoms with Gasteiger partial charge in [0.05, 0.1) is 16.8 Å². The predicted molar refractivity (Wildman–Crippen MR) is 104 cm³/mol. The van der Waals surface area contributed by atoms with Crippen LogP contribution in [0.1, 0.15) is 11.1 Å². The summed E-state index contributed by atoms with van der Waals surface area (Å²) in [5.74, 6) is -1.09. The minimum atomic E-state index is -4.59. The summed E-state index contributed by atoms with van der Waals surface area (Å²) < 4.78 is 40.7. The van der Waals surface area contributed by atoms with Gasteiger partial charge in [0.1, 0.15) is 11.5 Å². The molecule has 0 spiro atoms. The van der Waals surface area contributed by atoms with Crippen LogP contribution in [0.5, 0.6) is 0 Å². The largest absolute Gasteiger partial charge is 0.480 e. The molecule has 0 radical (unpaired) electrons. The molecule has 1 N–H and O–H groups in total. The number of para-hydroxylation sites is 1. The maximum absolute atomic E-state index is 13.6. The van der Waals surface area contributed by atoms with E-state index in [1.807, 2.05) is 0 Å². The number of aliphatic carboxylic acids is 1. The first-order valence-corrected chi connectivity index (χ1v) is 8.63. The maximum atomic E-state index is 13.6. The van der Waals surface area contributed by atoms with Crippen LogP contribution in [-0.4, -0.2) is 39.5 Å². The van der Waals surface area contributed by atoms with Gasteiger partial charge >= 0.3 is 12.1 Å². The van der Waals surface area contributed by atoms with E-state index in [0.717, 1.165) is 6.07 Å². The van der Waals surface area contributed by atoms with E-state index in [1.54, 1.807) is 36.4 Å². The zero-order valence-corrected chi connectivity index (χ0v) is 15.5. The molecule has 0 atom stereocenters. The Hall–Kier alpha value is -3.00. The lowest BCUT2D eigenvalue weighted by Crippen LogP contribution is -2.31. The van der Waals surface area contributed by atoms with Crippen LogP contribution >= 0.6 is 12.2 Å². The van der Waals surface area contributed by atoms with Gasteiger partial charge in [0, 0.05) is 23.6 Å². The normalized spacial score (nSPS) is 11.4. The second-order valence-corrected chi connectivity index (χ2v) is 6.56. The molecular weight excluding hydrogens is 389 g/mol. The van der Waals surface area contributed by atoms with Gasteiger partial charge in [0.15, 0.2) is 0 Å². The number of alkyl halides is 3. The smallest absolute Gasteiger partial charge is 0.418 e. The van der Waals surface area contributed by atoms with E-state index < -0.39 is 17.7 Å². The first-order chi connectivity index (χ1) is 13.2. The molecule has 2 aromatic carbocycles. The number of hydrogen-bond donors (Lipinski definition) is 1. The fraction of sp³-hybridized carbons (Fsp3) is 0.150. The van der Waals surface area contributed by atoms with Gasteiger partial charge in [-0.2, -0.15) is 13.2 Å². The highest BCUT2D eigenvalue weighted by molar-refractivity contribution is 7.80. The van der Waals surface area contributed by atoms with Crippen molar-refractivity contribution in [3.8, 4) is 11.3 Å². The molecule has 144 valence electrons. The Kier molecular flexibility index (Phi) is 5.33. The van der Waals surface area contributed by atoms with Crippen molar-refractivity contribution >= 4 is 34.1 Å². The molecule has 0 aliphatic carbocycles. The van der Waals surface area contributed by atoms with Crippen LogP contribution in [0.15, 0.2) is 54.6 Å². The van der Waals surface area contributed by atoms with E-state index in [1.165, 1.54) is 24.1 Å². The third kappa shape index (κ3) is 3.96. The van der Waals surface area contributed by atoms with Gasteiger partial charge in [0.25, 0.3) is 0 Å². The zero-order chi connectivity index (χ0) is 20.5. The lowest BCUT2D eigenvalue weighted by Gasteiger charge is -2.21. The van der Waals surface area contributed by atoms with Gasteiger partial charge in [-0.1, -0.05) is 54.7 Å². The van der Waals surface area contributed by atoms with Gasteiger partial charge in [-0.05, 0) is 12.1 Å². The minimum absolute atomic E-state index is 0.131. The van der Waals surface area contributed by atoms with Crippen molar-refractivity contribution in [2.75, 3.05) is 13.6 Å². The summed E-state index contributed by atoms with van der Waals surface area (Å²) in [6.45, 7) is -0.373. The number of carbonyl (C=O) groups is 1. The quantitative estimate of drug-likeness (QED) is 0.644. The number of nitrogens with zero attached hydrogens (tertiary/aromatic N) is 2. The number of fused-ring (bicyclic) bond motifs is 1. The first-order valence-electron chi connectivity index (χ1n) is 8.22. The Labute approximate surface area is 164 Å². The SMILES string of the molecule is CN(CC(=O)O)C(=S)c1cc(-c2ccccc2)nc2c(C(F)(F)F)cccc12. The summed E-state index contributed by atoms with van der Waals surface area (Å²) in [5.41, 5.74) is 0.191. The summed E-state index contributed by atoms with van der Waals surface area (Å²) in [6.07, 6.45) is -4.59. The number of carboxylic acids is 1. The molecule has 3 rings (SSSR count). The Morgan fingerprint density at radius 1 is 1.14 bits per heavy atom. The lowest BCUT2D eigenvalue weighted by atomic mass is 10.0. The van der Waals surface area contributed by atoms with Crippen LogP contribution in [0.3, 0.4) is 0 Å². The average molecular weight is 404 g/mol. The van der Waals surface area contributed by atoms with Crippen LogP contribution in [0.2, 0.25) is 0 Å². The van der Waals surface area contributed by atoms with Crippen molar-refractivity contribution in [2.24, 2.45) is 0 Å². The second-order valence-electron chi connectivity index (χ2n) is 6.18. The molecular formula is C20H15F3N2O2S. The molecule has 0 fully saturated rings. The molecule has 0 saturated heterocycles. The first kappa shape index (κ1) is 19.8. The number of pyridine rings is 1. The van der Waals surface area contributed by atoms with Gasteiger partial charge in [-0.15, -0.1) is 0 Å². The summed E-state index contributed by atoms with van der Waals surface area (Å²) in [7, 11) is 1.48.